The van der Waals surface area contributed by atoms with Gasteiger partial charge in [-0.3, -0.25) is 4.79 Å². The molecule has 1 aliphatic rings. The Kier molecular flexibility index (Phi) is 4.06. The average molecular weight is 317 g/mol. The highest BCUT2D eigenvalue weighted by molar-refractivity contribution is 7.09. The van der Waals surface area contributed by atoms with Gasteiger partial charge < -0.3 is 15.4 Å². The summed E-state index contributed by atoms with van der Waals surface area (Å²) in [6, 6.07) is 5.86. The predicted molar refractivity (Wildman–Crippen MR) is 84.0 cm³/mol. The zero-order valence-corrected chi connectivity index (χ0v) is 12.8. The van der Waals surface area contributed by atoms with Crippen LogP contribution < -0.4 is 10.6 Å². The number of anilines is 1. The van der Waals surface area contributed by atoms with Gasteiger partial charge in [0.25, 0.3) is 0 Å². The Morgan fingerprint density at radius 3 is 3.18 bits per heavy atom. The average Bonchev–Trinajstić information content (AvgIpc) is 3.11. The number of methoxy groups -OCH3 is 1. The number of carbonyl (C=O) groups is 2. The van der Waals surface area contributed by atoms with E-state index in [2.05, 4.69) is 20.4 Å². The zero-order chi connectivity index (χ0) is 15.5. The first kappa shape index (κ1) is 14.5. The first-order valence-electron chi connectivity index (χ1n) is 6.85. The number of ether oxygens (including phenoxy) is 1. The van der Waals surface area contributed by atoms with Crippen molar-refractivity contribution in [1.29, 1.82) is 0 Å². The zero-order valence-electron chi connectivity index (χ0n) is 12.0. The number of amides is 2. The standard InChI is InChI=1S/C15H15N3O3S/c1-21-15(20)16-5-4-14-18-12(8-22-14)9-2-3-11-10(6-9)7-13(19)17-11/h2-3,6,8H,4-5,7H2,1H3,(H,16,20)(H,17,19). The number of aromatic nitrogens is 1. The van der Waals surface area contributed by atoms with Crippen molar-refractivity contribution >= 4 is 29.0 Å². The molecule has 2 amide bonds. The molecule has 3 rings (SSSR count). The van der Waals surface area contributed by atoms with Crippen molar-refractivity contribution in [3.63, 3.8) is 0 Å². The monoisotopic (exact) mass is 317 g/mol. The molecule has 0 bridgehead atoms. The molecule has 2 aromatic rings. The Morgan fingerprint density at radius 1 is 1.50 bits per heavy atom. The minimum Gasteiger partial charge on any atom is -0.453 e. The van der Waals surface area contributed by atoms with E-state index in [4.69, 9.17) is 0 Å². The number of alkyl carbamates (subject to hydrolysis) is 1. The Labute approximate surface area is 131 Å². The number of carbonyl (C=O) groups excluding carboxylic acids is 2. The Morgan fingerprint density at radius 2 is 2.36 bits per heavy atom. The van der Waals surface area contributed by atoms with Gasteiger partial charge in [0, 0.05) is 29.6 Å². The van der Waals surface area contributed by atoms with E-state index in [0.717, 1.165) is 27.5 Å². The highest BCUT2D eigenvalue weighted by atomic mass is 32.1. The summed E-state index contributed by atoms with van der Waals surface area (Å²) in [5.74, 6) is 0.0278. The van der Waals surface area contributed by atoms with Crippen molar-refractivity contribution < 1.29 is 14.3 Å². The van der Waals surface area contributed by atoms with E-state index in [9.17, 15) is 9.59 Å². The summed E-state index contributed by atoms with van der Waals surface area (Å²) in [5.41, 5.74) is 3.77. The largest absolute Gasteiger partial charge is 0.453 e. The van der Waals surface area contributed by atoms with Crippen LogP contribution in [-0.4, -0.2) is 30.6 Å². The van der Waals surface area contributed by atoms with Crippen molar-refractivity contribution in [2.24, 2.45) is 0 Å². The number of nitrogens with zero attached hydrogens (tertiary/aromatic N) is 1. The van der Waals surface area contributed by atoms with Gasteiger partial charge in [-0.2, -0.15) is 0 Å². The van der Waals surface area contributed by atoms with E-state index < -0.39 is 6.09 Å². The van der Waals surface area contributed by atoms with Gasteiger partial charge in [0.05, 0.1) is 24.2 Å². The normalized spacial score (nSPS) is 12.7. The maximum atomic E-state index is 11.4. The molecule has 1 aromatic heterocycles. The fourth-order valence-corrected chi connectivity index (χ4v) is 3.10. The van der Waals surface area contributed by atoms with E-state index in [1.165, 1.54) is 7.11 Å². The summed E-state index contributed by atoms with van der Waals surface area (Å²) in [6.45, 7) is 0.488. The van der Waals surface area contributed by atoms with Gasteiger partial charge in [-0.15, -0.1) is 11.3 Å². The van der Waals surface area contributed by atoms with E-state index >= 15 is 0 Å². The summed E-state index contributed by atoms with van der Waals surface area (Å²) in [6.07, 6.45) is 0.640. The number of rotatable bonds is 4. The van der Waals surface area contributed by atoms with Crippen LogP contribution in [0, 0.1) is 0 Å². The molecule has 0 atom stereocenters. The van der Waals surface area contributed by atoms with Crippen LogP contribution in [0.1, 0.15) is 10.6 Å². The van der Waals surface area contributed by atoms with Gasteiger partial charge in [-0.25, -0.2) is 9.78 Å². The summed E-state index contributed by atoms with van der Waals surface area (Å²) in [4.78, 5) is 26.9. The smallest absolute Gasteiger partial charge is 0.406 e. The highest BCUT2D eigenvalue weighted by Crippen LogP contribution is 2.29. The summed E-state index contributed by atoms with van der Waals surface area (Å²) in [7, 11) is 1.34. The number of hydrogen-bond donors (Lipinski definition) is 2. The second kappa shape index (κ2) is 6.15. The molecular formula is C15H15N3O3S. The number of benzene rings is 1. The molecule has 1 aromatic carbocycles. The fourth-order valence-electron chi connectivity index (χ4n) is 2.29. The highest BCUT2D eigenvalue weighted by Gasteiger charge is 2.18. The lowest BCUT2D eigenvalue weighted by molar-refractivity contribution is -0.115. The Bertz CT molecular complexity index is 727. The van der Waals surface area contributed by atoms with E-state index in [-0.39, 0.29) is 5.91 Å². The molecular weight excluding hydrogens is 302 g/mol. The van der Waals surface area contributed by atoms with Crippen LogP contribution in [0.15, 0.2) is 23.6 Å². The summed E-state index contributed by atoms with van der Waals surface area (Å²) >= 11 is 1.55. The number of thiazole rings is 1. The number of hydrogen-bond acceptors (Lipinski definition) is 5. The SMILES string of the molecule is COC(=O)NCCc1nc(-c2ccc3c(c2)CC(=O)N3)cs1. The van der Waals surface area contributed by atoms with E-state index in [1.54, 1.807) is 11.3 Å². The second-order valence-corrected chi connectivity index (χ2v) is 5.83. The molecule has 0 fully saturated rings. The van der Waals surface area contributed by atoms with Gasteiger partial charge in [-0.05, 0) is 17.7 Å². The molecule has 0 spiro atoms. The topological polar surface area (TPSA) is 80.3 Å². The molecule has 114 valence electrons. The third-order valence-corrected chi connectivity index (χ3v) is 4.28. The van der Waals surface area contributed by atoms with Gasteiger partial charge in [0.2, 0.25) is 5.91 Å². The quantitative estimate of drug-likeness (QED) is 0.906. The van der Waals surface area contributed by atoms with Crippen molar-refractivity contribution in [2.45, 2.75) is 12.8 Å². The van der Waals surface area contributed by atoms with Crippen molar-refractivity contribution in [2.75, 3.05) is 19.0 Å². The third kappa shape index (κ3) is 3.09. The molecule has 0 saturated heterocycles. The fraction of sp³-hybridized carbons (Fsp3) is 0.267. The van der Waals surface area contributed by atoms with Crippen molar-refractivity contribution in [3.8, 4) is 11.3 Å². The molecule has 0 radical (unpaired) electrons. The first-order chi connectivity index (χ1) is 10.7. The van der Waals surface area contributed by atoms with Gasteiger partial charge in [0.1, 0.15) is 0 Å². The molecule has 2 N–H and O–H groups in total. The number of fused-ring (bicyclic) bond motifs is 1. The van der Waals surface area contributed by atoms with Crippen LogP contribution >= 0.6 is 11.3 Å². The van der Waals surface area contributed by atoms with E-state index in [1.807, 2.05) is 23.6 Å². The van der Waals surface area contributed by atoms with Gasteiger partial charge in [-0.1, -0.05) is 6.07 Å². The predicted octanol–water partition coefficient (Wildman–Crippen LogP) is 2.20. The van der Waals surface area contributed by atoms with E-state index in [0.29, 0.717) is 19.4 Å². The minimum absolute atomic E-state index is 0.0278. The third-order valence-electron chi connectivity index (χ3n) is 3.37. The van der Waals surface area contributed by atoms with Gasteiger partial charge >= 0.3 is 6.09 Å². The second-order valence-electron chi connectivity index (χ2n) is 4.89. The molecule has 1 aliphatic heterocycles. The lowest BCUT2D eigenvalue weighted by Gasteiger charge is -2.02. The molecule has 0 aliphatic carbocycles. The van der Waals surface area contributed by atoms with Crippen LogP contribution in [0.4, 0.5) is 10.5 Å². The lowest BCUT2D eigenvalue weighted by atomic mass is 10.1. The maximum absolute atomic E-state index is 11.4. The van der Waals surface area contributed by atoms with Crippen molar-refractivity contribution in [1.82, 2.24) is 10.3 Å². The Balaban J connectivity index is 1.68. The molecule has 7 heteroatoms. The molecule has 2 heterocycles. The molecule has 0 unspecified atom stereocenters. The minimum atomic E-state index is -0.437. The summed E-state index contributed by atoms with van der Waals surface area (Å²) in [5, 5.41) is 8.38. The van der Waals surface area contributed by atoms with Crippen LogP contribution in [0.2, 0.25) is 0 Å². The van der Waals surface area contributed by atoms with Crippen LogP contribution in [0.5, 0.6) is 0 Å². The number of nitrogens with one attached hydrogen (secondary N) is 2. The van der Waals surface area contributed by atoms with Crippen LogP contribution in [0.25, 0.3) is 11.3 Å². The van der Waals surface area contributed by atoms with Crippen molar-refractivity contribution in [3.05, 3.63) is 34.2 Å². The van der Waals surface area contributed by atoms with Gasteiger partial charge in [0.15, 0.2) is 0 Å². The maximum Gasteiger partial charge on any atom is 0.406 e. The Hall–Kier alpha value is -2.41. The molecule has 22 heavy (non-hydrogen) atoms. The van der Waals surface area contributed by atoms with Crippen LogP contribution in [0.3, 0.4) is 0 Å². The molecule has 6 nitrogen and oxygen atoms in total. The van der Waals surface area contributed by atoms with Crippen LogP contribution in [-0.2, 0) is 22.4 Å². The lowest BCUT2D eigenvalue weighted by Crippen LogP contribution is -2.25. The first-order valence-corrected chi connectivity index (χ1v) is 7.73. The summed E-state index contributed by atoms with van der Waals surface area (Å²) < 4.78 is 4.51. The molecule has 0 saturated carbocycles.